The van der Waals surface area contributed by atoms with Gasteiger partial charge in [-0.05, 0) is 36.8 Å². The molecule has 0 aliphatic rings. The van der Waals surface area contributed by atoms with Gasteiger partial charge in [-0.2, -0.15) is 5.26 Å². The van der Waals surface area contributed by atoms with Gasteiger partial charge < -0.3 is 5.32 Å². The quantitative estimate of drug-likeness (QED) is 0.882. The third-order valence-electron chi connectivity index (χ3n) is 2.22. The summed E-state index contributed by atoms with van der Waals surface area (Å²) in [5.74, 6) is 0.573. The summed E-state index contributed by atoms with van der Waals surface area (Å²) in [7, 11) is 0. The van der Waals surface area contributed by atoms with E-state index in [4.69, 9.17) is 16.9 Å². The predicted molar refractivity (Wildman–Crippen MR) is 66.2 cm³/mol. The first-order chi connectivity index (χ1) is 8.19. The molecule has 0 aliphatic carbocycles. The average Bonchev–Trinajstić information content (AvgIpc) is 2.35. The van der Waals surface area contributed by atoms with Crippen LogP contribution >= 0.6 is 11.6 Å². The first-order valence-corrected chi connectivity index (χ1v) is 5.34. The molecule has 0 radical (unpaired) electrons. The molecule has 0 atom stereocenters. The van der Waals surface area contributed by atoms with Gasteiger partial charge in [0.05, 0.1) is 0 Å². The van der Waals surface area contributed by atoms with Gasteiger partial charge in [0.25, 0.3) is 0 Å². The minimum Gasteiger partial charge on any atom is -0.339 e. The molecule has 0 saturated heterocycles. The highest BCUT2D eigenvalue weighted by Gasteiger charge is 2.00. The summed E-state index contributed by atoms with van der Waals surface area (Å²) in [5, 5.41) is 19.9. The van der Waals surface area contributed by atoms with E-state index in [0.29, 0.717) is 10.8 Å². The van der Waals surface area contributed by atoms with Crippen LogP contribution in [0.25, 0.3) is 0 Å². The van der Waals surface area contributed by atoms with E-state index in [1.165, 1.54) is 0 Å². The number of benzene rings is 1. The maximum Gasteiger partial charge on any atom is 0.163 e. The number of nitrogens with one attached hydrogen (secondary N) is 1. The second kappa shape index (κ2) is 4.81. The molecule has 5 heteroatoms. The monoisotopic (exact) mass is 244 g/mol. The maximum atomic E-state index is 8.59. The number of anilines is 2. The van der Waals surface area contributed by atoms with Crippen molar-refractivity contribution in [1.29, 1.82) is 5.26 Å². The Morgan fingerprint density at radius 3 is 2.65 bits per heavy atom. The summed E-state index contributed by atoms with van der Waals surface area (Å²) in [4.78, 5) is 0. The van der Waals surface area contributed by atoms with Crippen LogP contribution in [0.15, 0.2) is 30.3 Å². The predicted octanol–water partition coefficient (Wildman–Crippen LogP) is 3.05. The van der Waals surface area contributed by atoms with Gasteiger partial charge >= 0.3 is 0 Å². The molecule has 0 amide bonds. The summed E-state index contributed by atoms with van der Waals surface area (Å²) in [6.07, 6.45) is 0. The molecule has 2 rings (SSSR count). The zero-order valence-corrected chi connectivity index (χ0v) is 9.86. The Hall–Kier alpha value is -2.12. The maximum absolute atomic E-state index is 8.59. The SMILES string of the molecule is Cc1ccc(Nc2ccc(C#N)nn2)cc1Cl. The van der Waals surface area contributed by atoms with Gasteiger partial charge in [0.1, 0.15) is 6.07 Å². The lowest BCUT2D eigenvalue weighted by Gasteiger charge is -2.06. The molecule has 4 nitrogen and oxygen atoms in total. The number of rotatable bonds is 2. The number of aromatic nitrogens is 2. The molecular formula is C12H9ClN4. The third-order valence-corrected chi connectivity index (χ3v) is 2.63. The Morgan fingerprint density at radius 1 is 1.24 bits per heavy atom. The first kappa shape index (κ1) is 11.4. The molecule has 2 aromatic rings. The van der Waals surface area contributed by atoms with Crippen LogP contribution in [0.5, 0.6) is 0 Å². The van der Waals surface area contributed by atoms with Crippen LogP contribution in [0, 0.1) is 18.3 Å². The Morgan fingerprint density at radius 2 is 2.06 bits per heavy atom. The summed E-state index contributed by atoms with van der Waals surface area (Å²) in [6, 6.07) is 10.8. The fourth-order valence-electron chi connectivity index (χ4n) is 1.28. The molecule has 1 aromatic carbocycles. The first-order valence-electron chi connectivity index (χ1n) is 4.96. The van der Waals surface area contributed by atoms with E-state index < -0.39 is 0 Å². The molecule has 1 aromatic heterocycles. The lowest BCUT2D eigenvalue weighted by molar-refractivity contribution is 1.01. The fourth-order valence-corrected chi connectivity index (χ4v) is 1.46. The van der Waals surface area contributed by atoms with E-state index in [1.807, 2.05) is 31.2 Å². The molecule has 0 saturated carbocycles. The van der Waals surface area contributed by atoms with Gasteiger partial charge in [0.2, 0.25) is 0 Å². The number of aryl methyl sites for hydroxylation is 1. The van der Waals surface area contributed by atoms with Crippen LogP contribution < -0.4 is 5.32 Å². The molecule has 0 bridgehead atoms. The van der Waals surface area contributed by atoms with Crippen molar-refractivity contribution in [1.82, 2.24) is 10.2 Å². The smallest absolute Gasteiger partial charge is 0.163 e. The van der Waals surface area contributed by atoms with Crippen molar-refractivity contribution in [2.24, 2.45) is 0 Å². The normalized spacial score (nSPS) is 9.71. The second-order valence-corrected chi connectivity index (χ2v) is 3.91. The molecule has 0 fully saturated rings. The Balaban J connectivity index is 2.20. The van der Waals surface area contributed by atoms with E-state index in [-0.39, 0.29) is 5.69 Å². The number of halogens is 1. The van der Waals surface area contributed by atoms with Gasteiger partial charge in [0, 0.05) is 10.7 Å². The lowest BCUT2D eigenvalue weighted by atomic mass is 10.2. The van der Waals surface area contributed by atoms with Crippen molar-refractivity contribution >= 4 is 23.1 Å². The van der Waals surface area contributed by atoms with Gasteiger partial charge in [-0.3, -0.25) is 0 Å². The molecule has 84 valence electrons. The molecular weight excluding hydrogens is 236 g/mol. The van der Waals surface area contributed by atoms with Gasteiger partial charge in [-0.1, -0.05) is 17.7 Å². The molecule has 17 heavy (non-hydrogen) atoms. The van der Waals surface area contributed by atoms with Gasteiger partial charge in [-0.15, -0.1) is 10.2 Å². The second-order valence-electron chi connectivity index (χ2n) is 3.50. The highest BCUT2D eigenvalue weighted by atomic mass is 35.5. The minimum atomic E-state index is 0.289. The van der Waals surface area contributed by atoms with Crippen LogP contribution in [-0.4, -0.2) is 10.2 Å². The van der Waals surface area contributed by atoms with Crippen molar-refractivity contribution < 1.29 is 0 Å². The molecule has 0 spiro atoms. The van der Waals surface area contributed by atoms with Crippen molar-refractivity contribution in [2.75, 3.05) is 5.32 Å². The minimum absolute atomic E-state index is 0.289. The van der Waals surface area contributed by atoms with E-state index in [1.54, 1.807) is 12.1 Å². The Bertz CT molecular complexity index is 572. The summed E-state index contributed by atoms with van der Waals surface area (Å²) < 4.78 is 0. The van der Waals surface area contributed by atoms with E-state index in [2.05, 4.69) is 15.5 Å². The number of nitriles is 1. The molecule has 1 N–H and O–H groups in total. The number of hydrogen-bond donors (Lipinski definition) is 1. The summed E-state index contributed by atoms with van der Waals surface area (Å²) in [6.45, 7) is 1.94. The molecule has 1 heterocycles. The zero-order chi connectivity index (χ0) is 12.3. The van der Waals surface area contributed by atoms with Crippen molar-refractivity contribution in [2.45, 2.75) is 6.92 Å². The topological polar surface area (TPSA) is 61.6 Å². The zero-order valence-electron chi connectivity index (χ0n) is 9.11. The fraction of sp³-hybridized carbons (Fsp3) is 0.0833. The van der Waals surface area contributed by atoms with Crippen LogP contribution in [0.2, 0.25) is 5.02 Å². The lowest BCUT2D eigenvalue weighted by Crippen LogP contribution is -1.96. The van der Waals surface area contributed by atoms with E-state index in [0.717, 1.165) is 11.3 Å². The van der Waals surface area contributed by atoms with Crippen molar-refractivity contribution in [3.8, 4) is 6.07 Å². The van der Waals surface area contributed by atoms with E-state index >= 15 is 0 Å². The van der Waals surface area contributed by atoms with Crippen LogP contribution in [0.1, 0.15) is 11.3 Å². The van der Waals surface area contributed by atoms with Crippen molar-refractivity contribution in [3.63, 3.8) is 0 Å². The van der Waals surface area contributed by atoms with E-state index in [9.17, 15) is 0 Å². The van der Waals surface area contributed by atoms with Crippen LogP contribution in [-0.2, 0) is 0 Å². The van der Waals surface area contributed by atoms with Gasteiger partial charge in [0.15, 0.2) is 11.5 Å². The van der Waals surface area contributed by atoms with Gasteiger partial charge in [-0.25, -0.2) is 0 Å². The third kappa shape index (κ3) is 2.71. The summed E-state index contributed by atoms with van der Waals surface area (Å²) in [5.41, 5.74) is 2.14. The van der Waals surface area contributed by atoms with Crippen molar-refractivity contribution in [3.05, 3.63) is 46.6 Å². The highest BCUT2D eigenvalue weighted by Crippen LogP contribution is 2.22. The number of nitrogens with zero attached hydrogens (tertiary/aromatic N) is 3. The largest absolute Gasteiger partial charge is 0.339 e. The van der Waals surface area contributed by atoms with Crippen LogP contribution in [0.4, 0.5) is 11.5 Å². The highest BCUT2D eigenvalue weighted by molar-refractivity contribution is 6.31. The standard InChI is InChI=1S/C12H9ClN4/c1-8-2-3-9(6-11(8)13)15-12-5-4-10(7-14)16-17-12/h2-6H,1H3,(H,15,17). The van der Waals surface area contributed by atoms with Crippen LogP contribution in [0.3, 0.4) is 0 Å². The Labute approximate surface area is 104 Å². The summed E-state index contributed by atoms with van der Waals surface area (Å²) >= 11 is 6.01. The number of hydrogen-bond acceptors (Lipinski definition) is 4. The molecule has 0 unspecified atom stereocenters. The molecule has 0 aliphatic heterocycles. The average molecular weight is 245 g/mol. The Kier molecular flexibility index (Phi) is 3.22.